The lowest BCUT2D eigenvalue weighted by atomic mass is 9.96. The molecule has 4 atom stereocenters. The van der Waals surface area contributed by atoms with E-state index in [1.165, 1.54) is 22.7 Å². The Labute approximate surface area is 224 Å². The average Bonchev–Trinajstić information content (AvgIpc) is 3.73. The van der Waals surface area contributed by atoms with Gasteiger partial charge < -0.3 is 14.7 Å². The molecule has 2 aliphatic carbocycles. The van der Waals surface area contributed by atoms with Crippen LogP contribution in [-0.2, 0) is 24.7 Å². The summed E-state index contributed by atoms with van der Waals surface area (Å²) in [6.07, 6.45) is 3.22. The van der Waals surface area contributed by atoms with E-state index in [0.717, 1.165) is 24.2 Å². The van der Waals surface area contributed by atoms with E-state index in [4.69, 9.17) is 4.74 Å². The van der Waals surface area contributed by atoms with E-state index in [0.29, 0.717) is 34.3 Å². The van der Waals surface area contributed by atoms with E-state index in [2.05, 4.69) is 4.90 Å². The number of nitrogens with zero attached hydrogens (tertiary/aromatic N) is 2. The Bertz CT molecular complexity index is 1180. The predicted molar refractivity (Wildman–Crippen MR) is 143 cm³/mol. The molecule has 1 aromatic carbocycles. The Kier molecular flexibility index (Phi) is 7.57. The second-order valence-corrected chi connectivity index (χ2v) is 11.7. The first-order valence-corrected chi connectivity index (χ1v) is 14.2. The topological polar surface area (TPSA) is 87.2 Å². The van der Waals surface area contributed by atoms with Gasteiger partial charge >= 0.3 is 5.97 Å². The second kappa shape index (κ2) is 10.9. The summed E-state index contributed by atoms with van der Waals surface area (Å²) in [6, 6.07) is 16.2. The van der Waals surface area contributed by atoms with Crippen LogP contribution in [0.4, 0.5) is 5.69 Å². The summed E-state index contributed by atoms with van der Waals surface area (Å²) in [5, 5.41) is 15.3. The van der Waals surface area contributed by atoms with Crippen LogP contribution < -0.4 is 4.90 Å². The molecule has 2 bridgehead atoms. The first kappa shape index (κ1) is 25.8. The van der Waals surface area contributed by atoms with Gasteiger partial charge in [0.25, 0.3) is 0 Å². The Balaban J connectivity index is 1.24. The number of aliphatic hydroxyl groups is 1. The van der Waals surface area contributed by atoms with E-state index in [9.17, 15) is 19.5 Å². The Hall–Kier alpha value is -2.85. The number of amides is 2. The van der Waals surface area contributed by atoms with Crippen molar-refractivity contribution in [1.29, 1.82) is 0 Å². The summed E-state index contributed by atoms with van der Waals surface area (Å²) in [5.74, 6) is -0.383. The standard InChI is InChI=1S/C28H30N2O5S2/c1-29(14-13-25(32)30(18-31)20-7-3-2-4-8-20)26-19-11-12-21(26)22(17-19)35-27(33)28(34,23-9-5-15-36-23)24-10-6-16-37-24/h2-10,15-16,18-19,21-22,26,34H,11-14,17H2,1H3. The third-order valence-electron chi connectivity index (χ3n) is 7.71. The summed E-state index contributed by atoms with van der Waals surface area (Å²) < 4.78 is 6.05. The van der Waals surface area contributed by atoms with Gasteiger partial charge in [-0.15, -0.1) is 22.7 Å². The Morgan fingerprint density at radius 1 is 1.05 bits per heavy atom. The molecule has 2 amide bonds. The fraction of sp³-hybridized carbons (Fsp3) is 0.393. The number of benzene rings is 1. The molecule has 2 heterocycles. The quantitative estimate of drug-likeness (QED) is 0.307. The van der Waals surface area contributed by atoms with Crippen molar-refractivity contribution in [3.8, 4) is 0 Å². The molecule has 2 aromatic heterocycles. The molecule has 2 aliphatic rings. The smallest absolute Gasteiger partial charge is 0.349 e. The highest BCUT2D eigenvalue weighted by atomic mass is 32.1. The van der Waals surface area contributed by atoms with Crippen LogP contribution in [0.3, 0.4) is 0 Å². The van der Waals surface area contributed by atoms with Gasteiger partial charge in [-0.25, -0.2) is 4.79 Å². The largest absolute Gasteiger partial charge is 0.459 e. The highest BCUT2D eigenvalue weighted by Crippen LogP contribution is 2.49. The number of esters is 1. The van der Waals surface area contributed by atoms with Gasteiger partial charge in [-0.3, -0.25) is 14.5 Å². The van der Waals surface area contributed by atoms with Crippen molar-refractivity contribution in [2.45, 2.75) is 43.4 Å². The minimum absolute atomic E-state index is 0.140. The summed E-state index contributed by atoms with van der Waals surface area (Å²) in [5.41, 5.74) is -1.25. The molecular formula is C28H30N2O5S2. The molecule has 2 saturated carbocycles. The number of imide groups is 1. The Morgan fingerprint density at radius 3 is 2.32 bits per heavy atom. The molecule has 0 spiro atoms. The number of fused-ring (bicyclic) bond motifs is 2. The van der Waals surface area contributed by atoms with Gasteiger partial charge in [0.1, 0.15) is 6.10 Å². The third-order valence-corrected chi connectivity index (χ3v) is 9.67. The predicted octanol–water partition coefficient (Wildman–Crippen LogP) is 4.27. The zero-order valence-corrected chi connectivity index (χ0v) is 22.2. The van der Waals surface area contributed by atoms with Crippen LogP contribution >= 0.6 is 22.7 Å². The van der Waals surface area contributed by atoms with Gasteiger partial charge in [-0.05, 0) is 67.3 Å². The average molecular weight is 539 g/mol. The number of carbonyl (C=O) groups excluding carboxylic acids is 3. The number of para-hydroxylation sites is 1. The number of carbonyl (C=O) groups is 3. The van der Waals surface area contributed by atoms with Gasteiger partial charge in [0.15, 0.2) is 0 Å². The van der Waals surface area contributed by atoms with E-state index in [1.54, 1.807) is 36.4 Å². The lowest BCUT2D eigenvalue weighted by Crippen LogP contribution is -2.42. The molecule has 7 nitrogen and oxygen atoms in total. The van der Waals surface area contributed by atoms with Crippen molar-refractivity contribution in [2.24, 2.45) is 11.8 Å². The van der Waals surface area contributed by atoms with Crippen molar-refractivity contribution in [2.75, 3.05) is 18.5 Å². The number of ether oxygens (including phenoxy) is 1. The second-order valence-electron chi connectivity index (χ2n) is 9.77. The van der Waals surface area contributed by atoms with Crippen LogP contribution in [0.5, 0.6) is 0 Å². The molecule has 0 radical (unpaired) electrons. The highest BCUT2D eigenvalue weighted by Gasteiger charge is 2.53. The lowest BCUT2D eigenvalue weighted by molar-refractivity contribution is -0.170. The number of hydrogen-bond donors (Lipinski definition) is 1. The molecular weight excluding hydrogens is 508 g/mol. The molecule has 5 rings (SSSR count). The van der Waals surface area contributed by atoms with Crippen LogP contribution in [-0.4, -0.2) is 54.0 Å². The molecule has 9 heteroatoms. The van der Waals surface area contributed by atoms with E-state index in [1.807, 2.05) is 36.0 Å². The van der Waals surface area contributed by atoms with E-state index < -0.39 is 11.6 Å². The number of rotatable bonds is 10. The maximum absolute atomic E-state index is 13.5. The summed E-state index contributed by atoms with van der Waals surface area (Å²) in [4.78, 5) is 42.3. The fourth-order valence-corrected chi connectivity index (χ4v) is 7.68. The fourth-order valence-electron chi connectivity index (χ4n) is 5.96. The van der Waals surface area contributed by atoms with Gasteiger partial charge in [-0.1, -0.05) is 30.3 Å². The minimum atomic E-state index is -1.81. The van der Waals surface area contributed by atoms with Gasteiger partial charge in [0, 0.05) is 24.9 Å². The molecule has 1 N–H and O–H groups in total. The van der Waals surface area contributed by atoms with E-state index in [-0.39, 0.29) is 30.4 Å². The van der Waals surface area contributed by atoms with Gasteiger partial charge in [0.05, 0.1) is 15.4 Å². The van der Waals surface area contributed by atoms with Gasteiger partial charge in [-0.2, -0.15) is 0 Å². The molecule has 0 saturated heterocycles. The summed E-state index contributed by atoms with van der Waals surface area (Å²) in [7, 11) is 1.99. The first-order valence-electron chi connectivity index (χ1n) is 12.5. The van der Waals surface area contributed by atoms with Crippen molar-refractivity contribution >= 4 is 46.6 Å². The van der Waals surface area contributed by atoms with Crippen molar-refractivity contribution in [1.82, 2.24) is 4.90 Å². The normalized spacial score (nSPS) is 22.8. The van der Waals surface area contributed by atoms with Crippen molar-refractivity contribution in [3.05, 3.63) is 75.1 Å². The highest BCUT2D eigenvalue weighted by molar-refractivity contribution is 7.12. The summed E-state index contributed by atoms with van der Waals surface area (Å²) in [6.45, 7) is 0.503. The van der Waals surface area contributed by atoms with Crippen molar-refractivity contribution in [3.63, 3.8) is 0 Å². The van der Waals surface area contributed by atoms with E-state index >= 15 is 0 Å². The maximum Gasteiger partial charge on any atom is 0.349 e. The lowest BCUT2D eigenvalue weighted by Gasteiger charge is -2.31. The van der Waals surface area contributed by atoms with Crippen LogP contribution in [0.1, 0.15) is 35.4 Å². The first-order chi connectivity index (χ1) is 17.9. The summed E-state index contributed by atoms with van der Waals surface area (Å²) >= 11 is 2.67. The molecule has 3 aromatic rings. The number of hydrogen-bond acceptors (Lipinski definition) is 8. The SMILES string of the molecule is CN(CCC(=O)N(C=O)c1ccccc1)C1C2CCC1C(OC(=O)C(O)(c1cccs1)c1cccs1)C2. The molecule has 4 unspecified atom stereocenters. The molecule has 2 fully saturated rings. The zero-order chi connectivity index (χ0) is 26.0. The van der Waals surface area contributed by atoms with Gasteiger partial charge in [0.2, 0.25) is 17.9 Å². The molecule has 0 aliphatic heterocycles. The minimum Gasteiger partial charge on any atom is -0.459 e. The maximum atomic E-state index is 13.5. The number of thiophene rings is 2. The third kappa shape index (κ3) is 4.88. The van der Waals surface area contributed by atoms with Crippen LogP contribution in [0.2, 0.25) is 0 Å². The van der Waals surface area contributed by atoms with Crippen LogP contribution in [0, 0.1) is 11.8 Å². The molecule has 194 valence electrons. The Morgan fingerprint density at radius 2 is 1.73 bits per heavy atom. The number of anilines is 1. The molecule has 37 heavy (non-hydrogen) atoms. The van der Waals surface area contributed by atoms with Crippen LogP contribution in [0.15, 0.2) is 65.4 Å². The zero-order valence-electron chi connectivity index (χ0n) is 20.6. The monoisotopic (exact) mass is 538 g/mol. The van der Waals surface area contributed by atoms with Crippen LogP contribution in [0.25, 0.3) is 0 Å². The van der Waals surface area contributed by atoms with Crippen molar-refractivity contribution < 1.29 is 24.2 Å².